The maximum atomic E-state index is 13.6. The van der Waals surface area contributed by atoms with E-state index in [0.29, 0.717) is 0 Å². The zero-order valence-electron chi connectivity index (χ0n) is 11.9. The van der Waals surface area contributed by atoms with Gasteiger partial charge in [0.15, 0.2) is 12.3 Å². The average Bonchev–Trinajstić information content (AvgIpc) is 2.56. The summed E-state index contributed by atoms with van der Waals surface area (Å²) in [6.45, 7) is -0.725. The van der Waals surface area contributed by atoms with Crippen molar-refractivity contribution in [3.63, 3.8) is 0 Å². The van der Waals surface area contributed by atoms with Crippen molar-refractivity contribution in [2.24, 2.45) is 0 Å². The van der Waals surface area contributed by atoms with Crippen molar-refractivity contribution in [3.05, 3.63) is 55.0 Å². The number of ether oxygens (including phenoxy) is 1. The largest absolute Gasteiger partial charge is 0.451 e. The van der Waals surface area contributed by atoms with Gasteiger partial charge in [0.25, 0.3) is 5.91 Å². The molecule has 0 atom stereocenters. The number of carbonyl (C=O) groups excluding carboxylic acids is 2. The van der Waals surface area contributed by atoms with E-state index in [0.717, 1.165) is 6.07 Å². The monoisotopic (exact) mass is 444 g/mol. The van der Waals surface area contributed by atoms with Gasteiger partial charge in [-0.15, -0.1) is 0 Å². The first kappa shape index (κ1) is 20.0. The number of anilines is 1. The summed E-state index contributed by atoms with van der Waals surface area (Å²) in [6.07, 6.45) is 0. The first-order valence-electron chi connectivity index (χ1n) is 6.32. The molecule has 0 aliphatic heterocycles. The highest BCUT2D eigenvalue weighted by molar-refractivity contribution is 6.52. The zero-order chi connectivity index (χ0) is 18.7. The molecule has 0 fully saturated rings. The molecule has 5 nitrogen and oxygen atoms in total. The van der Waals surface area contributed by atoms with Gasteiger partial charge in [0.1, 0.15) is 11.0 Å². The van der Waals surface area contributed by atoms with Crippen LogP contribution in [0.3, 0.4) is 0 Å². The van der Waals surface area contributed by atoms with E-state index >= 15 is 0 Å². The molecule has 0 spiro atoms. The van der Waals surface area contributed by atoms with Crippen LogP contribution in [-0.4, -0.2) is 23.5 Å². The predicted octanol–water partition coefficient (Wildman–Crippen LogP) is 5.28. The van der Waals surface area contributed by atoms with Crippen LogP contribution in [0.4, 0.5) is 10.1 Å². The molecule has 2 rings (SSSR count). The summed E-state index contributed by atoms with van der Waals surface area (Å²) in [5, 5.41) is 1.55. The number of esters is 1. The molecule has 2 aromatic rings. The number of halogens is 6. The van der Waals surface area contributed by atoms with Gasteiger partial charge in [0.2, 0.25) is 0 Å². The molecule has 0 unspecified atom stereocenters. The highest BCUT2D eigenvalue weighted by Crippen LogP contribution is 2.36. The molecule has 0 bridgehead atoms. The van der Waals surface area contributed by atoms with Crippen molar-refractivity contribution in [2.75, 3.05) is 11.9 Å². The van der Waals surface area contributed by atoms with Gasteiger partial charge in [-0.25, -0.2) is 14.2 Å². The molecular formula is C14H6Cl5FN2O3. The first-order valence-corrected chi connectivity index (χ1v) is 8.21. The Balaban J connectivity index is 2.04. The predicted molar refractivity (Wildman–Crippen MR) is 94.6 cm³/mol. The van der Waals surface area contributed by atoms with Crippen LogP contribution >= 0.6 is 58.0 Å². The Kier molecular flexibility index (Phi) is 6.71. The molecule has 0 aliphatic rings. The van der Waals surface area contributed by atoms with Crippen molar-refractivity contribution < 1.29 is 18.7 Å². The number of amides is 1. The molecule has 1 aromatic heterocycles. The third-order valence-electron chi connectivity index (χ3n) is 2.72. The molecule has 25 heavy (non-hydrogen) atoms. The quantitative estimate of drug-likeness (QED) is 0.512. The van der Waals surface area contributed by atoms with Crippen molar-refractivity contribution in [1.82, 2.24) is 4.98 Å². The molecule has 1 N–H and O–H groups in total. The van der Waals surface area contributed by atoms with Crippen LogP contribution in [0.25, 0.3) is 0 Å². The smallest absolute Gasteiger partial charge is 0.359 e. The van der Waals surface area contributed by atoms with Gasteiger partial charge >= 0.3 is 5.97 Å². The summed E-state index contributed by atoms with van der Waals surface area (Å²) in [7, 11) is 0. The number of rotatable bonds is 4. The number of benzene rings is 1. The fourth-order valence-electron chi connectivity index (χ4n) is 1.60. The summed E-state index contributed by atoms with van der Waals surface area (Å²) in [6, 6.07) is 3.66. The topological polar surface area (TPSA) is 68.3 Å². The Hall–Kier alpha value is -1.31. The molecule has 0 aliphatic carbocycles. The van der Waals surface area contributed by atoms with Crippen LogP contribution < -0.4 is 5.32 Å². The van der Waals surface area contributed by atoms with E-state index in [-0.39, 0.29) is 30.9 Å². The lowest BCUT2D eigenvalue weighted by atomic mass is 10.3. The summed E-state index contributed by atoms with van der Waals surface area (Å²) >= 11 is 28.7. The second kappa shape index (κ2) is 8.38. The van der Waals surface area contributed by atoms with E-state index in [4.69, 9.17) is 62.7 Å². The van der Waals surface area contributed by atoms with Crippen LogP contribution in [0.2, 0.25) is 25.2 Å². The fraction of sp³-hybridized carbons (Fsp3) is 0.0714. The normalized spacial score (nSPS) is 10.5. The van der Waals surface area contributed by atoms with Gasteiger partial charge in [-0.2, -0.15) is 0 Å². The van der Waals surface area contributed by atoms with Crippen LogP contribution in [0.5, 0.6) is 0 Å². The minimum atomic E-state index is -1.06. The van der Waals surface area contributed by atoms with Crippen LogP contribution in [-0.2, 0) is 9.53 Å². The van der Waals surface area contributed by atoms with E-state index in [2.05, 4.69) is 10.3 Å². The molecule has 0 saturated carbocycles. The Bertz CT molecular complexity index is 863. The van der Waals surface area contributed by atoms with Crippen LogP contribution in [0.15, 0.2) is 18.2 Å². The lowest BCUT2D eigenvalue weighted by Crippen LogP contribution is -2.22. The van der Waals surface area contributed by atoms with E-state index in [1.165, 1.54) is 12.1 Å². The van der Waals surface area contributed by atoms with Gasteiger partial charge in [0, 0.05) is 5.02 Å². The number of hydrogen-bond donors (Lipinski definition) is 1. The van der Waals surface area contributed by atoms with Crippen molar-refractivity contribution in [1.29, 1.82) is 0 Å². The summed E-state index contributed by atoms with van der Waals surface area (Å²) in [5.41, 5.74) is -0.536. The van der Waals surface area contributed by atoms with Crippen molar-refractivity contribution >= 4 is 75.6 Å². The lowest BCUT2D eigenvalue weighted by molar-refractivity contribution is -0.119. The highest BCUT2D eigenvalue weighted by Gasteiger charge is 2.22. The van der Waals surface area contributed by atoms with E-state index in [1.807, 2.05) is 0 Å². The van der Waals surface area contributed by atoms with Gasteiger partial charge in [-0.1, -0.05) is 58.0 Å². The highest BCUT2D eigenvalue weighted by atomic mass is 35.5. The summed E-state index contributed by atoms with van der Waals surface area (Å²) in [5.74, 6) is -2.60. The molecule has 132 valence electrons. The van der Waals surface area contributed by atoms with Crippen LogP contribution in [0, 0.1) is 5.82 Å². The number of pyridine rings is 1. The number of aromatic nitrogens is 1. The Morgan fingerprint density at radius 3 is 2.40 bits per heavy atom. The standard InChI is InChI=1S/C14H6Cl5FN2O3/c15-5-1-2-7(6(20)3-5)21-8(23)4-25-14(24)12-10(17)9(16)11(18)13(19)22-12/h1-3H,4H2,(H,21,23). The summed E-state index contributed by atoms with van der Waals surface area (Å²) < 4.78 is 18.3. The molecular weight excluding hydrogens is 440 g/mol. The molecule has 11 heteroatoms. The third-order valence-corrected chi connectivity index (χ3v) is 4.63. The van der Waals surface area contributed by atoms with Crippen molar-refractivity contribution in [2.45, 2.75) is 0 Å². The minimum Gasteiger partial charge on any atom is -0.451 e. The van der Waals surface area contributed by atoms with Gasteiger partial charge in [-0.05, 0) is 18.2 Å². The number of hydrogen-bond acceptors (Lipinski definition) is 4. The Labute approximate surface area is 165 Å². The Morgan fingerprint density at radius 2 is 1.76 bits per heavy atom. The zero-order valence-corrected chi connectivity index (χ0v) is 15.7. The molecule has 1 heterocycles. The fourth-order valence-corrected chi connectivity index (χ4v) is 2.56. The number of nitrogens with one attached hydrogen (secondary N) is 1. The van der Waals surface area contributed by atoms with Gasteiger partial charge in [-0.3, -0.25) is 4.79 Å². The molecule has 1 aromatic carbocycles. The van der Waals surface area contributed by atoms with E-state index in [1.54, 1.807) is 0 Å². The van der Waals surface area contributed by atoms with E-state index < -0.39 is 30.0 Å². The van der Waals surface area contributed by atoms with Gasteiger partial charge in [0.05, 0.1) is 20.8 Å². The maximum Gasteiger partial charge on any atom is 0.359 e. The third kappa shape index (κ3) is 4.86. The average molecular weight is 446 g/mol. The SMILES string of the molecule is O=C(COC(=O)c1nc(Cl)c(Cl)c(Cl)c1Cl)Nc1ccc(Cl)cc1F. The summed E-state index contributed by atoms with van der Waals surface area (Å²) in [4.78, 5) is 27.3. The van der Waals surface area contributed by atoms with E-state index in [9.17, 15) is 14.0 Å². The van der Waals surface area contributed by atoms with Gasteiger partial charge < -0.3 is 10.1 Å². The lowest BCUT2D eigenvalue weighted by Gasteiger charge is -2.09. The Morgan fingerprint density at radius 1 is 1.08 bits per heavy atom. The molecule has 0 radical (unpaired) electrons. The molecule has 0 saturated heterocycles. The maximum absolute atomic E-state index is 13.6. The van der Waals surface area contributed by atoms with Crippen molar-refractivity contribution in [3.8, 4) is 0 Å². The molecule has 1 amide bonds. The number of carbonyl (C=O) groups is 2. The second-order valence-electron chi connectivity index (χ2n) is 4.44. The van der Waals surface area contributed by atoms with Crippen LogP contribution in [0.1, 0.15) is 10.5 Å². The second-order valence-corrected chi connectivity index (χ2v) is 6.37. The number of nitrogens with zero attached hydrogens (tertiary/aromatic N) is 1. The minimum absolute atomic E-state index is 0.124. The first-order chi connectivity index (χ1) is 11.7.